The van der Waals surface area contributed by atoms with Gasteiger partial charge in [-0.15, -0.1) is 10.2 Å². The molecule has 1 aliphatic rings. The summed E-state index contributed by atoms with van der Waals surface area (Å²) in [6, 6.07) is 23.3. The monoisotopic (exact) mass is 475 g/mol. The van der Waals surface area contributed by atoms with Gasteiger partial charge in [-0.2, -0.15) is 0 Å². The zero-order valence-corrected chi connectivity index (χ0v) is 19.7. The highest BCUT2D eigenvalue weighted by molar-refractivity contribution is 8.00. The first-order chi connectivity index (χ1) is 16.0. The number of nitrogens with zero attached hydrogens (tertiary/aromatic N) is 3. The largest absolute Gasteiger partial charge is 0.325 e. The first-order valence-corrected chi connectivity index (χ1v) is 11.8. The summed E-state index contributed by atoms with van der Waals surface area (Å²) in [6.45, 7) is 3.99. The number of hydrogen-bond donors (Lipinski definition) is 2. The molecule has 8 heteroatoms. The molecule has 3 aromatic carbocycles. The molecule has 0 fully saturated rings. The number of thioether (sulfide) groups is 1. The number of nitrogens with one attached hydrogen (secondary N) is 2. The Balaban J connectivity index is 1.52. The first kappa shape index (κ1) is 21.6. The zero-order valence-electron chi connectivity index (χ0n) is 18.1. The standard InChI is InChI=1S/C25H22ClN5OS/c1-15-8-11-17(12-9-15)21-22(24(32)27-20-14-19(26)13-10-16(20)2)33-25-29-28-23(31(25)30-21)18-6-4-3-5-7-18/h3-14,21-22,30H,1-2H3,(H,27,32)/t21-,22+/m0/s1. The Kier molecular flexibility index (Phi) is 5.83. The van der Waals surface area contributed by atoms with E-state index >= 15 is 0 Å². The number of hydrogen-bond acceptors (Lipinski definition) is 5. The van der Waals surface area contributed by atoms with E-state index in [1.807, 2.05) is 61.0 Å². The Morgan fingerprint density at radius 3 is 2.55 bits per heavy atom. The van der Waals surface area contributed by atoms with Crippen LogP contribution in [-0.4, -0.2) is 26.0 Å². The summed E-state index contributed by atoms with van der Waals surface area (Å²) in [7, 11) is 0. The average molecular weight is 476 g/mol. The smallest absolute Gasteiger partial charge is 0.240 e. The van der Waals surface area contributed by atoms with Crippen LogP contribution >= 0.6 is 23.4 Å². The van der Waals surface area contributed by atoms with E-state index in [0.29, 0.717) is 21.7 Å². The van der Waals surface area contributed by atoms with Crippen LogP contribution in [0.3, 0.4) is 0 Å². The molecular weight excluding hydrogens is 454 g/mol. The number of anilines is 1. The third-order valence-corrected chi connectivity index (χ3v) is 7.07. The van der Waals surface area contributed by atoms with Gasteiger partial charge in [-0.1, -0.05) is 89.6 Å². The fourth-order valence-corrected chi connectivity index (χ4v) is 5.04. The maximum atomic E-state index is 13.5. The summed E-state index contributed by atoms with van der Waals surface area (Å²) >= 11 is 7.56. The molecule has 1 aliphatic heterocycles. The van der Waals surface area contributed by atoms with Crippen LogP contribution in [0.25, 0.3) is 11.4 Å². The van der Waals surface area contributed by atoms with Gasteiger partial charge in [0.2, 0.25) is 11.1 Å². The molecule has 0 unspecified atom stereocenters. The van der Waals surface area contributed by atoms with Gasteiger partial charge < -0.3 is 10.7 Å². The number of aryl methyl sites for hydroxylation is 2. The molecule has 4 aromatic rings. The minimum atomic E-state index is -0.466. The molecule has 0 spiro atoms. The Morgan fingerprint density at radius 1 is 1.03 bits per heavy atom. The predicted molar refractivity (Wildman–Crippen MR) is 133 cm³/mol. The van der Waals surface area contributed by atoms with E-state index < -0.39 is 5.25 Å². The number of carbonyl (C=O) groups excluding carboxylic acids is 1. The summed E-state index contributed by atoms with van der Waals surface area (Å²) in [5.41, 5.74) is 8.27. The molecule has 33 heavy (non-hydrogen) atoms. The predicted octanol–water partition coefficient (Wildman–Crippen LogP) is 5.61. The molecule has 2 heterocycles. The number of rotatable bonds is 4. The highest BCUT2D eigenvalue weighted by Gasteiger charge is 2.38. The summed E-state index contributed by atoms with van der Waals surface area (Å²) < 4.78 is 1.87. The van der Waals surface area contributed by atoms with Crippen molar-refractivity contribution in [1.82, 2.24) is 14.9 Å². The molecule has 1 amide bonds. The first-order valence-electron chi connectivity index (χ1n) is 10.6. The van der Waals surface area contributed by atoms with Gasteiger partial charge in [0.25, 0.3) is 0 Å². The fourth-order valence-electron chi connectivity index (χ4n) is 3.79. The van der Waals surface area contributed by atoms with Crippen LogP contribution in [-0.2, 0) is 4.79 Å². The maximum absolute atomic E-state index is 13.5. The van der Waals surface area contributed by atoms with Crippen molar-refractivity contribution in [2.24, 2.45) is 0 Å². The summed E-state index contributed by atoms with van der Waals surface area (Å²) in [6.07, 6.45) is 0. The second-order valence-electron chi connectivity index (χ2n) is 8.01. The van der Waals surface area contributed by atoms with Crippen molar-refractivity contribution >= 4 is 35.0 Å². The maximum Gasteiger partial charge on any atom is 0.240 e. The molecule has 0 saturated carbocycles. The third kappa shape index (κ3) is 4.34. The number of aromatic nitrogens is 3. The molecule has 0 radical (unpaired) electrons. The van der Waals surface area contributed by atoms with Crippen LogP contribution in [0.15, 0.2) is 78.0 Å². The Morgan fingerprint density at radius 2 is 1.79 bits per heavy atom. The van der Waals surface area contributed by atoms with Crippen LogP contribution in [0.1, 0.15) is 22.7 Å². The lowest BCUT2D eigenvalue weighted by molar-refractivity contribution is -0.116. The lowest BCUT2D eigenvalue weighted by Crippen LogP contribution is -2.41. The van der Waals surface area contributed by atoms with Crippen molar-refractivity contribution in [2.45, 2.75) is 30.3 Å². The molecule has 1 aromatic heterocycles. The van der Waals surface area contributed by atoms with E-state index in [-0.39, 0.29) is 11.9 Å². The average Bonchev–Trinajstić information content (AvgIpc) is 3.25. The van der Waals surface area contributed by atoms with Crippen molar-refractivity contribution in [3.63, 3.8) is 0 Å². The van der Waals surface area contributed by atoms with Crippen molar-refractivity contribution in [3.8, 4) is 11.4 Å². The van der Waals surface area contributed by atoms with Crippen LogP contribution < -0.4 is 10.7 Å². The molecule has 0 saturated heterocycles. The van der Waals surface area contributed by atoms with Crippen LogP contribution in [0.4, 0.5) is 5.69 Å². The molecule has 2 N–H and O–H groups in total. The van der Waals surface area contributed by atoms with E-state index in [9.17, 15) is 4.79 Å². The number of benzene rings is 3. The number of carbonyl (C=O) groups is 1. The molecule has 166 valence electrons. The molecule has 0 aliphatic carbocycles. The Hall–Kier alpha value is -3.29. The highest BCUT2D eigenvalue weighted by atomic mass is 35.5. The van der Waals surface area contributed by atoms with Crippen molar-refractivity contribution in [1.29, 1.82) is 0 Å². The van der Waals surface area contributed by atoms with E-state index in [1.54, 1.807) is 6.07 Å². The lowest BCUT2D eigenvalue weighted by atomic mass is 10.0. The van der Waals surface area contributed by atoms with E-state index in [0.717, 1.165) is 22.3 Å². The van der Waals surface area contributed by atoms with Gasteiger partial charge in [-0.3, -0.25) is 4.79 Å². The molecule has 5 rings (SSSR count). The van der Waals surface area contributed by atoms with Gasteiger partial charge in [0.05, 0.1) is 6.04 Å². The second kappa shape index (κ2) is 8.92. The van der Waals surface area contributed by atoms with Crippen molar-refractivity contribution in [2.75, 3.05) is 10.7 Å². The SMILES string of the molecule is Cc1ccc([C@@H]2Nn3c(nnc3-c3ccccc3)S[C@H]2C(=O)Nc2cc(Cl)ccc2C)cc1. The Labute approximate surface area is 201 Å². The summed E-state index contributed by atoms with van der Waals surface area (Å²) in [5, 5.41) is 12.6. The molecule has 6 nitrogen and oxygen atoms in total. The number of amides is 1. The van der Waals surface area contributed by atoms with Crippen molar-refractivity contribution in [3.05, 3.63) is 94.5 Å². The fraction of sp³-hybridized carbons (Fsp3) is 0.160. The van der Waals surface area contributed by atoms with Crippen LogP contribution in [0.5, 0.6) is 0 Å². The summed E-state index contributed by atoms with van der Waals surface area (Å²) in [4.78, 5) is 13.5. The number of fused-ring (bicyclic) bond motifs is 1. The number of halogens is 1. The Bertz CT molecular complexity index is 1310. The molecule has 2 atom stereocenters. The van der Waals surface area contributed by atoms with Crippen molar-refractivity contribution < 1.29 is 4.79 Å². The van der Waals surface area contributed by atoms with Gasteiger partial charge in [0.1, 0.15) is 5.25 Å². The molecule has 0 bridgehead atoms. The summed E-state index contributed by atoms with van der Waals surface area (Å²) in [5.74, 6) is 0.582. The van der Waals surface area contributed by atoms with Crippen LogP contribution in [0, 0.1) is 13.8 Å². The minimum absolute atomic E-state index is 0.126. The third-order valence-electron chi connectivity index (χ3n) is 5.62. The zero-order chi connectivity index (χ0) is 22.9. The van der Waals surface area contributed by atoms with Gasteiger partial charge in [-0.05, 0) is 37.1 Å². The van der Waals surface area contributed by atoms with Gasteiger partial charge in [-0.25, -0.2) is 4.68 Å². The van der Waals surface area contributed by atoms with E-state index in [2.05, 4.69) is 45.2 Å². The topological polar surface area (TPSA) is 71.8 Å². The molecular formula is C25H22ClN5OS. The quantitative estimate of drug-likeness (QED) is 0.401. The highest BCUT2D eigenvalue weighted by Crippen LogP contribution is 2.39. The minimum Gasteiger partial charge on any atom is -0.325 e. The second-order valence-corrected chi connectivity index (χ2v) is 9.56. The van der Waals surface area contributed by atoms with E-state index in [4.69, 9.17) is 11.6 Å². The van der Waals surface area contributed by atoms with Gasteiger partial charge >= 0.3 is 0 Å². The van der Waals surface area contributed by atoms with Gasteiger partial charge in [0, 0.05) is 16.3 Å². The lowest BCUT2D eigenvalue weighted by Gasteiger charge is -2.33. The van der Waals surface area contributed by atoms with Gasteiger partial charge in [0.15, 0.2) is 5.82 Å². The normalized spacial score (nSPS) is 17.2. The van der Waals surface area contributed by atoms with E-state index in [1.165, 1.54) is 11.8 Å². The van der Waals surface area contributed by atoms with Crippen LogP contribution in [0.2, 0.25) is 5.02 Å².